The smallest absolute Gasteiger partial charge is 0.151 e. The van der Waals surface area contributed by atoms with Crippen LogP contribution in [0.3, 0.4) is 0 Å². The van der Waals surface area contributed by atoms with Crippen LogP contribution in [-0.4, -0.2) is 57.6 Å². The summed E-state index contributed by atoms with van der Waals surface area (Å²) >= 11 is 0. The van der Waals surface area contributed by atoms with E-state index in [4.69, 9.17) is 4.74 Å². The molecule has 1 aromatic rings. The Labute approximate surface area is 145 Å². The molecule has 1 aromatic carbocycles. The van der Waals surface area contributed by atoms with Gasteiger partial charge < -0.3 is 10.1 Å². The van der Waals surface area contributed by atoms with E-state index in [-0.39, 0.29) is 6.04 Å². The lowest BCUT2D eigenvalue weighted by Crippen LogP contribution is -2.43. The minimum atomic E-state index is -2.86. The zero-order valence-electron chi connectivity index (χ0n) is 14.4. The average molecular weight is 353 g/mol. The first kappa shape index (κ1) is 17.7. The quantitative estimate of drug-likeness (QED) is 0.844. The van der Waals surface area contributed by atoms with Crippen LogP contribution in [0, 0.1) is 5.92 Å². The SMILES string of the molecule is COc1ccc(CN(CC2CCCNC2)C2CCS(=O)(=O)C2)cc1. The summed E-state index contributed by atoms with van der Waals surface area (Å²) in [5, 5.41) is 3.46. The maximum absolute atomic E-state index is 11.9. The second-order valence-corrected chi connectivity index (χ2v) is 9.28. The minimum absolute atomic E-state index is 0.152. The number of hydrogen-bond donors (Lipinski definition) is 1. The standard InChI is InChI=1S/C18H28N2O3S/c1-23-18-6-4-15(5-7-18)12-20(13-16-3-2-9-19-11-16)17-8-10-24(21,22)14-17/h4-7,16-17,19H,2-3,8-14H2,1H3. The first-order valence-electron chi connectivity index (χ1n) is 8.84. The van der Waals surface area contributed by atoms with Crippen LogP contribution in [0.5, 0.6) is 5.75 Å². The number of sulfone groups is 1. The fourth-order valence-electron chi connectivity index (χ4n) is 3.78. The summed E-state index contributed by atoms with van der Waals surface area (Å²) in [5.74, 6) is 2.11. The molecule has 0 amide bonds. The van der Waals surface area contributed by atoms with Gasteiger partial charge in [-0.1, -0.05) is 12.1 Å². The number of rotatable bonds is 6. The highest BCUT2D eigenvalue weighted by Crippen LogP contribution is 2.23. The molecule has 3 rings (SSSR count). The fourth-order valence-corrected chi connectivity index (χ4v) is 5.54. The Balaban J connectivity index is 1.70. The molecule has 6 heteroatoms. The van der Waals surface area contributed by atoms with E-state index in [0.717, 1.165) is 38.3 Å². The zero-order chi connectivity index (χ0) is 17.0. The summed E-state index contributed by atoms with van der Waals surface area (Å²) in [5.41, 5.74) is 1.21. The third-order valence-corrected chi connectivity index (χ3v) is 6.91. The highest BCUT2D eigenvalue weighted by atomic mass is 32.2. The second-order valence-electron chi connectivity index (χ2n) is 7.05. The molecule has 0 radical (unpaired) electrons. The number of ether oxygens (including phenoxy) is 1. The van der Waals surface area contributed by atoms with E-state index in [1.165, 1.54) is 18.4 Å². The van der Waals surface area contributed by atoms with Gasteiger partial charge in [-0.3, -0.25) is 4.90 Å². The van der Waals surface area contributed by atoms with Crippen LogP contribution in [0.25, 0.3) is 0 Å². The Morgan fingerprint density at radius 3 is 2.62 bits per heavy atom. The third-order valence-electron chi connectivity index (χ3n) is 5.16. The van der Waals surface area contributed by atoms with Crippen molar-refractivity contribution in [2.24, 2.45) is 5.92 Å². The van der Waals surface area contributed by atoms with E-state index >= 15 is 0 Å². The highest BCUT2D eigenvalue weighted by molar-refractivity contribution is 7.91. The lowest BCUT2D eigenvalue weighted by Gasteiger charge is -2.33. The van der Waals surface area contributed by atoms with Crippen molar-refractivity contribution in [1.82, 2.24) is 10.2 Å². The number of piperidine rings is 1. The van der Waals surface area contributed by atoms with Crippen LogP contribution < -0.4 is 10.1 Å². The molecule has 2 aliphatic rings. The maximum atomic E-state index is 11.9. The summed E-state index contributed by atoms with van der Waals surface area (Å²) in [7, 11) is -1.19. The van der Waals surface area contributed by atoms with Crippen LogP contribution in [0.15, 0.2) is 24.3 Å². The van der Waals surface area contributed by atoms with Gasteiger partial charge in [-0.2, -0.15) is 0 Å². The van der Waals surface area contributed by atoms with Crippen molar-refractivity contribution in [3.05, 3.63) is 29.8 Å². The molecule has 0 bridgehead atoms. The molecule has 5 nitrogen and oxygen atoms in total. The predicted molar refractivity (Wildman–Crippen MR) is 96.1 cm³/mol. The van der Waals surface area contributed by atoms with Gasteiger partial charge in [-0.05, 0) is 56.0 Å². The summed E-state index contributed by atoms with van der Waals surface area (Å²) in [6.07, 6.45) is 3.20. The molecule has 0 spiro atoms. The van der Waals surface area contributed by atoms with Crippen molar-refractivity contribution in [3.8, 4) is 5.75 Å². The Hall–Kier alpha value is -1.11. The van der Waals surface area contributed by atoms with Crippen LogP contribution in [0.1, 0.15) is 24.8 Å². The van der Waals surface area contributed by atoms with Gasteiger partial charge in [0, 0.05) is 19.1 Å². The molecule has 2 fully saturated rings. The van der Waals surface area contributed by atoms with Gasteiger partial charge in [0.1, 0.15) is 5.75 Å². The Bertz CT molecular complexity index is 624. The van der Waals surface area contributed by atoms with Crippen molar-refractivity contribution in [2.45, 2.75) is 31.8 Å². The average Bonchev–Trinajstić information content (AvgIpc) is 2.96. The van der Waals surface area contributed by atoms with Crippen molar-refractivity contribution in [1.29, 1.82) is 0 Å². The van der Waals surface area contributed by atoms with Gasteiger partial charge >= 0.3 is 0 Å². The molecule has 0 aromatic heterocycles. The van der Waals surface area contributed by atoms with E-state index in [2.05, 4.69) is 22.3 Å². The molecule has 0 saturated carbocycles. The van der Waals surface area contributed by atoms with E-state index in [1.807, 2.05) is 12.1 Å². The van der Waals surface area contributed by atoms with Gasteiger partial charge in [0.05, 0.1) is 18.6 Å². The minimum Gasteiger partial charge on any atom is -0.497 e. The molecule has 0 aliphatic carbocycles. The van der Waals surface area contributed by atoms with E-state index in [0.29, 0.717) is 17.4 Å². The molecule has 2 atom stereocenters. The first-order chi connectivity index (χ1) is 11.6. The van der Waals surface area contributed by atoms with Crippen LogP contribution in [-0.2, 0) is 16.4 Å². The van der Waals surface area contributed by atoms with Gasteiger partial charge in [0.25, 0.3) is 0 Å². The molecule has 2 heterocycles. The lowest BCUT2D eigenvalue weighted by molar-refractivity contribution is 0.157. The van der Waals surface area contributed by atoms with Gasteiger partial charge in [-0.15, -0.1) is 0 Å². The maximum Gasteiger partial charge on any atom is 0.151 e. The molecule has 2 unspecified atom stereocenters. The lowest BCUT2D eigenvalue weighted by atomic mass is 9.98. The summed E-state index contributed by atoms with van der Waals surface area (Å²) in [6.45, 7) is 3.92. The van der Waals surface area contributed by atoms with Crippen molar-refractivity contribution >= 4 is 9.84 Å². The first-order valence-corrected chi connectivity index (χ1v) is 10.7. The molecule has 1 N–H and O–H groups in total. The highest BCUT2D eigenvalue weighted by Gasteiger charge is 2.33. The van der Waals surface area contributed by atoms with Crippen LogP contribution in [0.2, 0.25) is 0 Å². The molecular weight excluding hydrogens is 324 g/mol. The monoisotopic (exact) mass is 352 g/mol. The van der Waals surface area contributed by atoms with Gasteiger partial charge in [0.2, 0.25) is 0 Å². The third kappa shape index (κ3) is 4.71. The number of benzene rings is 1. The van der Waals surface area contributed by atoms with E-state index in [9.17, 15) is 8.42 Å². The van der Waals surface area contributed by atoms with Gasteiger partial charge in [-0.25, -0.2) is 8.42 Å². The van der Waals surface area contributed by atoms with Crippen LogP contribution >= 0.6 is 0 Å². The van der Waals surface area contributed by atoms with Crippen molar-refractivity contribution in [3.63, 3.8) is 0 Å². The largest absolute Gasteiger partial charge is 0.497 e. The Morgan fingerprint density at radius 1 is 1.25 bits per heavy atom. The Morgan fingerprint density at radius 2 is 2.04 bits per heavy atom. The second kappa shape index (κ2) is 7.85. The number of methoxy groups -OCH3 is 1. The molecule has 24 heavy (non-hydrogen) atoms. The number of nitrogens with zero attached hydrogens (tertiary/aromatic N) is 1. The molecule has 2 saturated heterocycles. The number of nitrogens with one attached hydrogen (secondary N) is 1. The zero-order valence-corrected chi connectivity index (χ0v) is 15.2. The fraction of sp³-hybridized carbons (Fsp3) is 0.667. The normalized spacial score (nSPS) is 26.6. The molecular formula is C18H28N2O3S. The topological polar surface area (TPSA) is 58.6 Å². The summed E-state index contributed by atoms with van der Waals surface area (Å²) < 4.78 is 29.1. The van der Waals surface area contributed by atoms with Crippen molar-refractivity contribution < 1.29 is 13.2 Å². The van der Waals surface area contributed by atoms with Crippen molar-refractivity contribution in [2.75, 3.05) is 38.2 Å². The van der Waals surface area contributed by atoms with E-state index in [1.54, 1.807) is 7.11 Å². The van der Waals surface area contributed by atoms with E-state index < -0.39 is 9.84 Å². The molecule has 134 valence electrons. The van der Waals surface area contributed by atoms with Gasteiger partial charge in [0.15, 0.2) is 9.84 Å². The number of hydrogen-bond acceptors (Lipinski definition) is 5. The summed E-state index contributed by atoms with van der Waals surface area (Å²) in [6, 6.07) is 8.25. The predicted octanol–water partition coefficient (Wildman–Crippen LogP) is 1.68. The van der Waals surface area contributed by atoms with Crippen LogP contribution in [0.4, 0.5) is 0 Å². The molecule has 2 aliphatic heterocycles. The Kier molecular flexibility index (Phi) is 5.79. The summed E-state index contributed by atoms with van der Waals surface area (Å²) in [4.78, 5) is 2.39.